The van der Waals surface area contributed by atoms with Gasteiger partial charge in [0.1, 0.15) is 18.3 Å². The van der Waals surface area contributed by atoms with Gasteiger partial charge in [-0.15, -0.1) is 0 Å². The molecule has 10 heteroatoms. The van der Waals surface area contributed by atoms with Gasteiger partial charge in [-0.2, -0.15) is 13.2 Å². The number of hydrogen-bond donors (Lipinski definition) is 1. The average molecular weight is 417 g/mol. The highest BCUT2D eigenvalue weighted by molar-refractivity contribution is 5.95. The fraction of sp³-hybridized carbons (Fsp3) is 0.632. The molecule has 3 aliphatic heterocycles. The van der Waals surface area contributed by atoms with E-state index in [0.717, 1.165) is 12.1 Å². The molecule has 0 bridgehead atoms. The standard InChI is InChI=1S/C19H22F3NO6/c1-17(2)26-11-12(27-17)14-16(29-18(3,4)28-14)25-13(11)15(24)23-10-7-5-6-9(8-10)19(20,21)22/h5-8,11-14,16H,1-4H3,(H,23,24)/t11-,12-,13+,14+,16+/m1/s1. The molecule has 5 atom stereocenters. The second-order valence-electron chi connectivity index (χ2n) is 8.16. The zero-order valence-corrected chi connectivity index (χ0v) is 16.3. The van der Waals surface area contributed by atoms with E-state index >= 15 is 0 Å². The summed E-state index contributed by atoms with van der Waals surface area (Å²) in [5, 5.41) is 2.47. The molecule has 3 aliphatic rings. The van der Waals surface area contributed by atoms with Gasteiger partial charge in [0.25, 0.3) is 5.91 Å². The monoisotopic (exact) mass is 417 g/mol. The zero-order chi connectivity index (χ0) is 21.2. The number of carbonyl (C=O) groups is 1. The minimum Gasteiger partial charge on any atom is -0.342 e. The van der Waals surface area contributed by atoms with Gasteiger partial charge in [0.15, 0.2) is 24.0 Å². The largest absolute Gasteiger partial charge is 0.416 e. The number of hydrogen-bond acceptors (Lipinski definition) is 6. The van der Waals surface area contributed by atoms with Crippen LogP contribution in [0.3, 0.4) is 0 Å². The van der Waals surface area contributed by atoms with Gasteiger partial charge in [0.05, 0.1) is 5.56 Å². The van der Waals surface area contributed by atoms with Gasteiger partial charge in [-0.05, 0) is 45.9 Å². The van der Waals surface area contributed by atoms with Crippen molar-refractivity contribution in [1.29, 1.82) is 0 Å². The third-order valence-electron chi connectivity index (χ3n) is 4.87. The molecule has 0 spiro atoms. The molecular weight excluding hydrogens is 395 g/mol. The molecule has 1 aromatic rings. The minimum atomic E-state index is -4.52. The smallest absolute Gasteiger partial charge is 0.342 e. The van der Waals surface area contributed by atoms with Crippen LogP contribution in [-0.2, 0) is 34.7 Å². The molecule has 1 amide bonds. The number of carbonyl (C=O) groups excluding carboxylic acids is 1. The highest BCUT2D eigenvalue weighted by atomic mass is 19.4. The highest BCUT2D eigenvalue weighted by Crippen LogP contribution is 2.44. The summed E-state index contributed by atoms with van der Waals surface area (Å²) in [5.74, 6) is -2.59. The number of fused-ring (bicyclic) bond motifs is 3. The van der Waals surface area contributed by atoms with Crippen molar-refractivity contribution in [2.24, 2.45) is 0 Å². The summed E-state index contributed by atoms with van der Waals surface area (Å²) in [6, 6.07) is 4.36. The number of nitrogens with one attached hydrogen (secondary N) is 1. The van der Waals surface area contributed by atoms with Crippen LogP contribution in [0.2, 0.25) is 0 Å². The Morgan fingerprint density at radius 2 is 1.59 bits per heavy atom. The van der Waals surface area contributed by atoms with E-state index in [-0.39, 0.29) is 5.69 Å². The molecule has 0 aromatic heterocycles. The molecule has 3 saturated heterocycles. The summed E-state index contributed by atoms with van der Waals surface area (Å²) in [6.45, 7) is 6.82. The second-order valence-corrected chi connectivity index (χ2v) is 8.16. The third-order valence-corrected chi connectivity index (χ3v) is 4.87. The quantitative estimate of drug-likeness (QED) is 0.797. The van der Waals surface area contributed by atoms with Crippen LogP contribution in [0.5, 0.6) is 0 Å². The minimum absolute atomic E-state index is 0.00538. The second kappa shape index (κ2) is 6.64. The number of anilines is 1. The van der Waals surface area contributed by atoms with Gasteiger partial charge < -0.3 is 29.0 Å². The summed E-state index contributed by atoms with van der Waals surface area (Å²) in [6.07, 6.45) is -8.60. The van der Waals surface area contributed by atoms with Gasteiger partial charge >= 0.3 is 6.18 Å². The van der Waals surface area contributed by atoms with Crippen LogP contribution in [0.25, 0.3) is 0 Å². The van der Waals surface area contributed by atoms with E-state index in [9.17, 15) is 18.0 Å². The van der Waals surface area contributed by atoms with E-state index in [1.165, 1.54) is 12.1 Å². The van der Waals surface area contributed by atoms with Crippen molar-refractivity contribution in [3.05, 3.63) is 29.8 Å². The van der Waals surface area contributed by atoms with Crippen LogP contribution in [0.4, 0.5) is 18.9 Å². The van der Waals surface area contributed by atoms with E-state index in [1.54, 1.807) is 27.7 Å². The highest BCUT2D eigenvalue weighted by Gasteiger charge is 2.62. The fourth-order valence-corrected chi connectivity index (χ4v) is 3.81. The van der Waals surface area contributed by atoms with Gasteiger partial charge in [0.2, 0.25) is 0 Å². The van der Waals surface area contributed by atoms with E-state index in [2.05, 4.69) is 5.32 Å². The van der Waals surface area contributed by atoms with E-state index in [4.69, 9.17) is 23.7 Å². The predicted octanol–water partition coefficient (Wildman–Crippen LogP) is 3.04. The van der Waals surface area contributed by atoms with Crippen LogP contribution < -0.4 is 5.32 Å². The first kappa shape index (κ1) is 20.5. The molecule has 3 fully saturated rings. The number of rotatable bonds is 2. The maximum absolute atomic E-state index is 12.9. The lowest BCUT2D eigenvalue weighted by Gasteiger charge is -2.36. The Morgan fingerprint density at radius 1 is 0.966 bits per heavy atom. The molecule has 1 aromatic carbocycles. The summed E-state index contributed by atoms with van der Waals surface area (Å²) >= 11 is 0. The number of ether oxygens (including phenoxy) is 5. The van der Waals surface area contributed by atoms with Crippen molar-refractivity contribution in [2.75, 3.05) is 5.32 Å². The molecule has 29 heavy (non-hydrogen) atoms. The molecular formula is C19H22F3NO6. The van der Waals surface area contributed by atoms with Crippen molar-refractivity contribution < 1.29 is 41.7 Å². The molecule has 160 valence electrons. The van der Waals surface area contributed by atoms with Crippen LogP contribution in [0.15, 0.2) is 24.3 Å². The lowest BCUT2D eigenvalue weighted by atomic mass is 9.98. The Hall–Kier alpha value is -1.72. The number of benzene rings is 1. The Labute approximate surface area is 165 Å². The first-order valence-corrected chi connectivity index (χ1v) is 9.20. The first-order chi connectivity index (χ1) is 13.3. The van der Waals surface area contributed by atoms with Crippen molar-refractivity contribution in [2.45, 2.75) is 76.2 Å². The Kier molecular flexibility index (Phi) is 4.71. The molecule has 4 rings (SSSR count). The number of halogens is 3. The molecule has 0 radical (unpaired) electrons. The maximum atomic E-state index is 12.9. The normalized spacial score (nSPS) is 35.1. The van der Waals surface area contributed by atoms with Crippen LogP contribution in [0.1, 0.15) is 33.3 Å². The molecule has 1 N–H and O–H groups in total. The maximum Gasteiger partial charge on any atom is 0.416 e. The fourth-order valence-electron chi connectivity index (χ4n) is 3.81. The van der Waals surface area contributed by atoms with Gasteiger partial charge in [0, 0.05) is 5.69 Å². The summed E-state index contributed by atoms with van der Waals surface area (Å²) in [4.78, 5) is 12.9. The lowest BCUT2D eigenvalue weighted by Crippen LogP contribution is -2.58. The SMILES string of the molecule is CC1(C)O[C@@H]2O[C@H](C(=O)Nc3cccc(C(F)(F)F)c3)[C@@H]3OC(C)(C)O[C@H]3[C@@H]2O1. The van der Waals surface area contributed by atoms with E-state index in [1.807, 2.05) is 0 Å². The summed E-state index contributed by atoms with van der Waals surface area (Å²) < 4.78 is 67.9. The van der Waals surface area contributed by atoms with Crippen LogP contribution >= 0.6 is 0 Å². The zero-order valence-electron chi connectivity index (χ0n) is 16.3. The van der Waals surface area contributed by atoms with Crippen molar-refractivity contribution in [3.63, 3.8) is 0 Å². The molecule has 7 nitrogen and oxygen atoms in total. The topological polar surface area (TPSA) is 75.3 Å². The van der Waals surface area contributed by atoms with Crippen molar-refractivity contribution in [3.8, 4) is 0 Å². The molecule has 0 saturated carbocycles. The summed E-state index contributed by atoms with van der Waals surface area (Å²) in [7, 11) is 0. The van der Waals surface area contributed by atoms with Gasteiger partial charge in [-0.1, -0.05) is 6.07 Å². The number of amides is 1. The molecule has 0 aliphatic carbocycles. The predicted molar refractivity (Wildman–Crippen MR) is 92.6 cm³/mol. The van der Waals surface area contributed by atoms with Crippen molar-refractivity contribution >= 4 is 11.6 Å². The summed E-state index contributed by atoms with van der Waals surface area (Å²) in [5.41, 5.74) is -0.872. The Bertz CT molecular complexity index is 811. The molecule has 0 unspecified atom stereocenters. The lowest BCUT2D eigenvalue weighted by molar-refractivity contribution is -0.229. The first-order valence-electron chi connectivity index (χ1n) is 9.20. The molecule has 3 heterocycles. The van der Waals surface area contributed by atoms with Gasteiger partial charge in [-0.25, -0.2) is 0 Å². The average Bonchev–Trinajstić information content (AvgIpc) is 3.07. The number of alkyl halides is 3. The Morgan fingerprint density at radius 3 is 2.28 bits per heavy atom. The Balaban J connectivity index is 1.57. The van der Waals surface area contributed by atoms with Crippen molar-refractivity contribution in [1.82, 2.24) is 0 Å². The van der Waals surface area contributed by atoms with Crippen LogP contribution in [-0.4, -0.2) is 48.2 Å². The van der Waals surface area contributed by atoms with Gasteiger partial charge in [-0.3, -0.25) is 4.79 Å². The van der Waals surface area contributed by atoms with E-state index < -0.39 is 59.9 Å². The third kappa shape index (κ3) is 3.99. The van der Waals surface area contributed by atoms with E-state index in [0.29, 0.717) is 0 Å². The van der Waals surface area contributed by atoms with Crippen LogP contribution in [0, 0.1) is 0 Å².